The van der Waals surface area contributed by atoms with E-state index in [-0.39, 0.29) is 0 Å². The van der Waals surface area contributed by atoms with E-state index in [1.165, 1.54) is 34.1 Å². The van der Waals surface area contributed by atoms with Gasteiger partial charge in [0.2, 0.25) is 0 Å². The van der Waals surface area contributed by atoms with Gasteiger partial charge in [-0.15, -0.1) is 11.3 Å². The molecule has 0 bridgehead atoms. The Morgan fingerprint density at radius 3 is 3.06 bits per heavy atom. The van der Waals surface area contributed by atoms with Crippen molar-refractivity contribution in [3.05, 3.63) is 34.7 Å². The van der Waals surface area contributed by atoms with Crippen molar-refractivity contribution in [2.75, 3.05) is 6.54 Å². The van der Waals surface area contributed by atoms with Gasteiger partial charge < -0.3 is 5.32 Å². The van der Waals surface area contributed by atoms with Gasteiger partial charge in [-0.25, -0.2) is 0 Å². The van der Waals surface area contributed by atoms with E-state index in [1.54, 1.807) is 0 Å². The summed E-state index contributed by atoms with van der Waals surface area (Å²) in [6.45, 7) is 5.67. The highest BCUT2D eigenvalue weighted by atomic mass is 32.1. The van der Waals surface area contributed by atoms with Crippen LogP contribution in [0.4, 0.5) is 0 Å². The molecule has 0 radical (unpaired) electrons. The molecule has 0 aliphatic carbocycles. The second kappa shape index (κ2) is 4.43. The lowest BCUT2D eigenvalue weighted by molar-refractivity contribution is 0.381. The van der Waals surface area contributed by atoms with Gasteiger partial charge in [0.15, 0.2) is 0 Å². The molecule has 90 valence electrons. The Morgan fingerprint density at radius 1 is 1.35 bits per heavy atom. The maximum Gasteiger partial charge on any atom is 0.0345 e. The van der Waals surface area contributed by atoms with Crippen LogP contribution in [-0.4, -0.2) is 12.6 Å². The summed E-state index contributed by atoms with van der Waals surface area (Å²) in [6, 6.07) is 7.72. The highest BCUT2D eigenvalue weighted by Gasteiger charge is 2.20. The molecule has 2 aromatic rings. The average molecular weight is 245 g/mol. The summed E-state index contributed by atoms with van der Waals surface area (Å²) in [6.07, 6.45) is 2.55. The van der Waals surface area contributed by atoms with Gasteiger partial charge in [0, 0.05) is 10.7 Å². The summed E-state index contributed by atoms with van der Waals surface area (Å²) in [5, 5.41) is 7.25. The topological polar surface area (TPSA) is 12.0 Å². The molecule has 1 saturated heterocycles. The van der Waals surface area contributed by atoms with Gasteiger partial charge in [0.05, 0.1) is 0 Å². The Labute approximate surface area is 107 Å². The number of hydrogen-bond donors (Lipinski definition) is 1. The van der Waals surface area contributed by atoms with Crippen LogP contribution >= 0.6 is 11.3 Å². The molecule has 0 unspecified atom stereocenters. The minimum atomic E-state index is 0.660. The molecule has 1 aliphatic rings. The van der Waals surface area contributed by atoms with Crippen molar-refractivity contribution in [1.82, 2.24) is 5.32 Å². The Hall–Kier alpha value is -0.860. The maximum atomic E-state index is 3.53. The van der Waals surface area contributed by atoms with Crippen LogP contribution in [0.1, 0.15) is 36.8 Å². The third-order valence-electron chi connectivity index (χ3n) is 3.89. The molecule has 1 aromatic carbocycles. The number of fused-ring (bicyclic) bond motifs is 1. The zero-order valence-corrected chi connectivity index (χ0v) is 11.3. The van der Waals surface area contributed by atoms with Gasteiger partial charge in [0.1, 0.15) is 0 Å². The molecular formula is C15H19NS. The summed E-state index contributed by atoms with van der Waals surface area (Å²) < 4.78 is 1.42. The minimum absolute atomic E-state index is 0.660. The van der Waals surface area contributed by atoms with Crippen LogP contribution in [0, 0.1) is 6.92 Å². The number of hydrogen-bond acceptors (Lipinski definition) is 2. The van der Waals surface area contributed by atoms with E-state index < -0.39 is 0 Å². The van der Waals surface area contributed by atoms with Gasteiger partial charge in [0.25, 0.3) is 0 Å². The second-order valence-electron chi connectivity index (χ2n) is 5.25. The summed E-state index contributed by atoms with van der Waals surface area (Å²) in [5.74, 6) is 0.745. The molecule has 1 aromatic heterocycles. The van der Waals surface area contributed by atoms with Crippen LogP contribution < -0.4 is 5.32 Å². The van der Waals surface area contributed by atoms with Crippen LogP contribution in [0.15, 0.2) is 23.6 Å². The van der Waals surface area contributed by atoms with Crippen LogP contribution in [0.3, 0.4) is 0 Å². The van der Waals surface area contributed by atoms with E-state index in [2.05, 4.69) is 42.7 Å². The number of piperidine rings is 1. The molecule has 1 fully saturated rings. The highest BCUT2D eigenvalue weighted by Crippen LogP contribution is 2.32. The summed E-state index contributed by atoms with van der Waals surface area (Å²) in [7, 11) is 0. The smallest absolute Gasteiger partial charge is 0.0345 e. The van der Waals surface area contributed by atoms with Crippen LogP contribution in [0.2, 0.25) is 0 Å². The van der Waals surface area contributed by atoms with Crippen molar-refractivity contribution < 1.29 is 0 Å². The fourth-order valence-corrected chi connectivity index (χ4v) is 3.79. The van der Waals surface area contributed by atoms with Crippen molar-refractivity contribution in [2.24, 2.45) is 0 Å². The van der Waals surface area contributed by atoms with Gasteiger partial charge in [-0.1, -0.05) is 6.07 Å². The Morgan fingerprint density at radius 2 is 2.24 bits per heavy atom. The SMILES string of the molecule is Cc1csc2ccc([C@H]3CCN[C@H](C)C3)cc12. The lowest BCUT2D eigenvalue weighted by Gasteiger charge is -2.28. The summed E-state index contributed by atoms with van der Waals surface area (Å²) in [5.41, 5.74) is 2.96. The molecule has 1 aliphatic heterocycles. The Kier molecular flexibility index (Phi) is 2.93. The normalized spacial score (nSPS) is 25.3. The molecule has 0 amide bonds. The van der Waals surface area contributed by atoms with Crippen molar-refractivity contribution in [2.45, 2.75) is 38.6 Å². The zero-order chi connectivity index (χ0) is 11.8. The number of aryl methyl sites for hydroxylation is 1. The molecule has 2 heteroatoms. The largest absolute Gasteiger partial charge is 0.314 e. The maximum absolute atomic E-state index is 3.53. The molecule has 0 spiro atoms. The molecule has 17 heavy (non-hydrogen) atoms. The Bertz CT molecular complexity index is 529. The minimum Gasteiger partial charge on any atom is -0.314 e. The predicted molar refractivity (Wildman–Crippen MR) is 76.0 cm³/mol. The first-order chi connectivity index (χ1) is 8.24. The monoisotopic (exact) mass is 245 g/mol. The lowest BCUT2D eigenvalue weighted by Crippen LogP contribution is -2.34. The number of thiophene rings is 1. The molecule has 3 rings (SSSR count). The van der Waals surface area contributed by atoms with Gasteiger partial charge in [-0.3, -0.25) is 0 Å². The average Bonchev–Trinajstić information content (AvgIpc) is 2.71. The first kappa shape index (κ1) is 11.2. The fourth-order valence-electron chi connectivity index (χ4n) is 2.86. The first-order valence-corrected chi connectivity index (χ1v) is 7.33. The number of rotatable bonds is 1. The molecule has 1 nitrogen and oxygen atoms in total. The number of nitrogens with one attached hydrogen (secondary N) is 1. The van der Waals surface area contributed by atoms with Gasteiger partial charge in [-0.05, 0) is 73.2 Å². The third-order valence-corrected chi connectivity index (χ3v) is 4.97. The van der Waals surface area contributed by atoms with Crippen LogP contribution in [0.25, 0.3) is 10.1 Å². The fraction of sp³-hybridized carbons (Fsp3) is 0.467. The summed E-state index contributed by atoms with van der Waals surface area (Å²) in [4.78, 5) is 0. The van der Waals surface area contributed by atoms with E-state index in [0.29, 0.717) is 6.04 Å². The number of benzene rings is 1. The molecule has 1 N–H and O–H groups in total. The van der Waals surface area contributed by atoms with E-state index in [9.17, 15) is 0 Å². The zero-order valence-electron chi connectivity index (χ0n) is 10.5. The van der Waals surface area contributed by atoms with Crippen molar-refractivity contribution >= 4 is 21.4 Å². The highest BCUT2D eigenvalue weighted by molar-refractivity contribution is 7.17. The van der Waals surface area contributed by atoms with Crippen molar-refractivity contribution in [3.63, 3.8) is 0 Å². The lowest BCUT2D eigenvalue weighted by atomic mass is 9.86. The van der Waals surface area contributed by atoms with E-state index in [1.807, 2.05) is 11.3 Å². The Balaban J connectivity index is 1.96. The van der Waals surface area contributed by atoms with Gasteiger partial charge in [-0.2, -0.15) is 0 Å². The molecule has 2 atom stereocenters. The van der Waals surface area contributed by atoms with Gasteiger partial charge >= 0.3 is 0 Å². The van der Waals surface area contributed by atoms with E-state index >= 15 is 0 Å². The van der Waals surface area contributed by atoms with Crippen LogP contribution in [-0.2, 0) is 0 Å². The third kappa shape index (κ3) is 2.12. The summed E-state index contributed by atoms with van der Waals surface area (Å²) >= 11 is 1.86. The van der Waals surface area contributed by atoms with E-state index in [4.69, 9.17) is 0 Å². The molecular weight excluding hydrogens is 226 g/mol. The van der Waals surface area contributed by atoms with Crippen molar-refractivity contribution in [1.29, 1.82) is 0 Å². The molecule has 2 heterocycles. The second-order valence-corrected chi connectivity index (χ2v) is 6.16. The first-order valence-electron chi connectivity index (χ1n) is 6.45. The predicted octanol–water partition coefficient (Wildman–Crippen LogP) is 4.07. The standard InChI is InChI=1S/C15H19NS/c1-10-9-17-15-4-3-12(8-14(10)15)13-5-6-16-11(2)7-13/h3-4,8-9,11,13,16H,5-7H2,1-2H3/t11-,13+/m1/s1. The van der Waals surface area contributed by atoms with Crippen LogP contribution in [0.5, 0.6) is 0 Å². The quantitative estimate of drug-likeness (QED) is 0.798. The van der Waals surface area contributed by atoms with E-state index in [0.717, 1.165) is 12.5 Å². The van der Waals surface area contributed by atoms with Crippen molar-refractivity contribution in [3.8, 4) is 0 Å². The molecule has 0 saturated carbocycles.